The van der Waals surface area contributed by atoms with Gasteiger partial charge in [-0.15, -0.1) is 0 Å². The Morgan fingerprint density at radius 2 is 1.18 bits per heavy atom. The number of aldehydes is 1. The van der Waals surface area contributed by atoms with Crippen molar-refractivity contribution in [3.05, 3.63) is 48.5 Å². The van der Waals surface area contributed by atoms with E-state index in [-0.39, 0.29) is 85.5 Å². The third-order valence-corrected chi connectivity index (χ3v) is 10.5. The van der Waals surface area contributed by atoms with E-state index in [2.05, 4.69) is 16.0 Å². The number of benzene rings is 2. The quantitative estimate of drug-likeness (QED) is 0.0371. The van der Waals surface area contributed by atoms with Gasteiger partial charge in [-0.05, 0) is 61.4 Å². The van der Waals surface area contributed by atoms with Crippen molar-refractivity contribution in [3.8, 4) is 0 Å². The largest absolute Gasteiger partial charge is 0.481 e. The molecular weight excluding hydrogens is 847 g/mol. The number of primary sulfonamides is 2. The Balaban J connectivity index is 2.02. The zero-order valence-corrected chi connectivity index (χ0v) is 35.0. The van der Waals surface area contributed by atoms with E-state index in [1.807, 2.05) is 0 Å². The molecule has 2 aromatic carbocycles. The number of nitrogens with one attached hydrogen (secondary N) is 3. The molecule has 0 bridgehead atoms. The third-order valence-electron chi connectivity index (χ3n) is 8.66. The molecule has 336 valence electrons. The lowest BCUT2D eigenvalue weighted by Crippen LogP contribution is -2.44. The lowest BCUT2D eigenvalue weighted by atomic mass is 9.96. The first-order valence-electron chi connectivity index (χ1n) is 18.7. The highest BCUT2D eigenvalue weighted by Crippen LogP contribution is 2.15. The van der Waals surface area contributed by atoms with Crippen molar-refractivity contribution in [1.82, 2.24) is 15.1 Å². The minimum Gasteiger partial charge on any atom is -0.481 e. The summed E-state index contributed by atoms with van der Waals surface area (Å²) in [6.07, 6.45) is -0.00515. The number of Topliss-reactive ketones (excluding diaryl/α,β-unsaturated/α-hetero) is 2. The van der Waals surface area contributed by atoms with Crippen molar-refractivity contribution in [2.75, 3.05) is 63.1 Å². The van der Waals surface area contributed by atoms with Gasteiger partial charge in [-0.2, -0.15) is 0 Å². The van der Waals surface area contributed by atoms with Crippen LogP contribution in [-0.4, -0.2) is 143 Å². The van der Waals surface area contributed by atoms with Gasteiger partial charge >= 0.3 is 11.9 Å². The zero-order valence-electron chi connectivity index (χ0n) is 33.3. The maximum Gasteiger partial charge on any atom is 0.317 e. The molecule has 9 N–H and O–H groups in total. The van der Waals surface area contributed by atoms with Gasteiger partial charge in [-0.3, -0.25) is 43.4 Å². The highest BCUT2D eigenvalue weighted by Gasteiger charge is 2.26. The average Bonchev–Trinajstić information content (AvgIpc) is 3.16. The van der Waals surface area contributed by atoms with Crippen LogP contribution >= 0.6 is 0 Å². The number of amides is 3. The summed E-state index contributed by atoms with van der Waals surface area (Å²) in [5.41, 5.74) is 0.414. The molecule has 0 heterocycles. The van der Waals surface area contributed by atoms with Crippen LogP contribution in [0.2, 0.25) is 0 Å². The molecule has 61 heavy (non-hydrogen) atoms. The molecule has 0 radical (unpaired) electrons. The Bertz CT molecular complexity index is 2080. The van der Waals surface area contributed by atoms with Gasteiger partial charge in [0.25, 0.3) is 0 Å². The second-order valence-electron chi connectivity index (χ2n) is 13.7. The molecule has 0 aliphatic carbocycles. The number of nitrogens with zero attached hydrogens (tertiary/aromatic N) is 2. The fourth-order valence-electron chi connectivity index (χ4n) is 5.51. The van der Waals surface area contributed by atoms with Crippen molar-refractivity contribution in [2.24, 2.45) is 16.2 Å². The molecule has 2 aromatic rings. The molecule has 0 spiro atoms. The number of anilines is 2. The van der Waals surface area contributed by atoms with Crippen molar-refractivity contribution in [2.45, 2.75) is 61.3 Å². The second kappa shape index (κ2) is 25.3. The minimum absolute atomic E-state index is 0.0231. The Labute approximate surface area is 352 Å². The number of aliphatic carboxylic acids is 2. The van der Waals surface area contributed by atoms with Crippen molar-refractivity contribution in [1.29, 1.82) is 0 Å². The molecule has 0 aliphatic heterocycles. The molecule has 0 aromatic heterocycles. The number of ketones is 2. The number of hydrogen-bond donors (Lipinski definition) is 7. The van der Waals surface area contributed by atoms with E-state index in [1.165, 1.54) is 58.3 Å². The first-order valence-corrected chi connectivity index (χ1v) is 21.8. The number of carboxylic acids is 2. The first kappa shape index (κ1) is 51.6. The van der Waals surface area contributed by atoms with Crippen LogP contribution in [0.25, 0.3) is 0 Å². The number of rotatable bonds is 30. The van der Waals surface area contributed by atoms with Gasteiger partial charge in [0.15, 0.2) is 5.78 Å². The van der Waals surface area contributed by atoms with Crippen molar-refractivity contribution < 1.29 is 70.1 Å². The lowest BCUT2D eigenvalue weighted by Gasteiger charge is -2.26. The lowest BCUT2D eigenvalue weighted by molar-refractivity contribution is -0.140. The molecular formula is C37H51N7O15S2. The summed E-state index contributed by atoms with van der Waals surface area (Å²) >= 11 is 0. The Hall–Kier alpha value is -5.50. The summed E-state index contributed by atoms with van der Waals surface area (Å²) in [7, 11) is -7.98. The van der Waals surface area contributed by atoms with Gasteiger partial charge in [-0.25, -0.2) is 27.1 Å². The van der Waals surface area contributed by atoms with Gasteiger partial charge in [0.2, 0.25) is 37.8 Å². The average molecular weight is 898 g/mol. The third kappa shape index (κ3) is 21.0. The number of carbonyl (C=O) groups excluding carboxylic acids is 6. The number of carbonyl (C=O) groups is 8. The van der Waals surface area contributed by atoms with Crippen molar-refractivity contribution >= 4 is 78.9 Å². The van der Waals surface area contributed by atoms with E-state index < -0.39 is 93.5 Å². The van der Waals surface area contributed by atoms with Crippen LogP contribution in [0.4, 0.5) is 11.4 Å². The van der Waals surface area contributed by atoms with Crippen LogP contribution < -0.4 is 26.2 Å². The molecule has 0 fully saturated rings. The predicted molar refractivity (Wildman–Crippen MR) is 217 cm³/mol. The van der Waals surface area contributed by atoms with Gasteiger partial charge in [-0.1, -0.05) is 6.92 Å². The summed E-state index contributed by atoms with van der Waals surface area (Å²) in [5, 5.41) is 36.4. The molecule has 0 unspecified atom stereocenters. The summed E-state index contributed by atoms with van der Waals surface area (Å²) in [4.78, 5) is 100. The van der Waals surface area contributed by atoms with Crippen LogP contribution in [0.3, 0.4) is 0 Å². The molecule has 22 nitrogen and oxygen atoms in total. The summed E-state index contributed by atoms with van der Waals surface area (Å²) < 4.78 is 51.7. The van der Waals surface area contributed by atoms with E-state index in [0.717, 1.165) is 0 Å². The fraction of sp³-hybridized carbons (Fsp3) is 0.459. The molecule has 3 amide bonds. The van der Waals surface area contributed by atoms with Crippen LogP contribution in [0, 0.1) is 5.92 Å². The van der Waals surface area contributed by atoms with Crippen LogP contribution in [0.5, 0.6) is 0 Å². The number of ether oxygens (including phenoxy) is 1. The minimum atomic E-state index is -4.00. The number of sulfonamides is 2. The summed E-state index contributed by atoms with van der Waals surface area (Å²) in [6.45, 7) is -0.352. The van der Waals surface area contributed by atoms with Crippen molar-refractivity contribution in [3.63, 3.8) is 0 Å². The second-order valence-corrected chi connectivity index (χ2v) is 16.9. The Morgan fingerprint density at radius 3 is 1.61 bits per heavy atom. The highest BCUT2D eigenvalue weighted by atomic mass is 32.2. The standard InChI is InChI=1S/C37H51N7O15S2/c1-2-25(24-45)18-32(47)31(19-36(51)52)42-33(48)13-17-59-16-3-4-28(46)20-43(21-34(49)40-26-5-9-29(10-6-26)60(38,55)56)14-15-44(23-37(53)54)22-35(50)41-27-7-11-30(12-8-27)61(39,57)58/h5-12,24-25,31H,2-4,13-23H2,1H3,(H,40,49)(H,41,50)(H,42,48)(H,51,52)(H,53,54)(H2,38,55,56)(H2,39,57,58)/t25-,31+/m1/s1. The SMILES string of the molecule is CC[C@@H](C=O)CC(=O)[C@H](CC(=O)O)NC(=O)CCOCCCC(=O)CN(CCN(CC(=O)O)CC(=O)Nc1ccc(S(N)(=O)=O)cc1)CC(=O)Nc1ccc(S(N)(=O)=O)cc1. The van der Waals surface area contributed by atoms with E-state index in [4.69, 9.17) is 20.1 Å². The normalized spacial score (nSPS) is 12.6. The Morgan fingerprint density at radius 1 is 0.689 bits per heavy atom. The summed E-state index contributed by atoms with van der Waals surface area (Å²) in [6, 6.07) is 8.58. The zero-order chi connectivity index (χ0) is 45.8. The van der Waals surface area contributed by atoms with E-state index in [9.17, 15) is 60.3 Å². The maximum absolute atomic E-state index is 13.1. The molecule has 24 heteroatoms. The molecule has 0 aliphatic rings. The van der Waals surface area contributed by atoms with E-state index in [1.54, 1.807) is 6.92 Å². The van der Waals surface area contributed by atoms with Crippen LogP contribution in [0.15, 0.2) is 58.3 Å². The molecule has 2 atom stereocenters. The molecule has 2 rings (SSSR count). The highest BCUT2D eigenvalue weighted by molar-refractivity contribution is 7.89. The summed E-state index contributed by atoms with van der Waals surface area (Å²) in [5.74, 6) is -6.07. The van der Waals surface area contributed by atoms with E-state index in [0.29, 0.717) is 12.7 Å². The van der Waals surface area contributed by atoms with Crippen LogP contribution in [0.1, 0.15) is 45.4 Å². The smallest absolute Gasteiger partial charge is 0.317 e. The predicted octanol–water partition coefficient (Wildman–Crippen LogP) is -0.853. The van der Waals surface area contributed by atoms with Gasteiger partial charge in [0.05, 0.1) is 55.0 Å². The Kier molecular flexibility index (Phi) is 21.4. The number of hydrogen-bond acceptors (Lipinski definition) is 15. The monoisotopic (exact) mass is 897 g/mol. The van der Waals surface area contributed by atoms with Gasteiger partial charge < -0.3 is 35.7 Å². The van der Waals surface area contributed by atoms with Crippen LogP contribution in [-0.2, 0) is 63.1 Å². The maximum atomic E-state index is 13.1. The van der Waals surface area contributed by atoms with E-state index >= 15 is 0 Å². The number of nitrogens with two attached hydrogens (primary N) is 2. The molecule has 0 saturated heterocycles. The topological polar surface area (TPSA) is 349 Å². The fourth-order valence-corrected chi connectivity index (χ4v) is 6.54. The molecule has 0 saturated carbocycles. The van der Waals surface area contributed by atoms with Gasteiger partial charge in [0, 0.05) is 56.3 Å². The number of carboxylic acid groups (broad SMARTS) is 2. The first-order chi connectivity index (χ1) is 28.6. The van der Waals surface area contributed by atoms with Gasteiger partial charge in [0.1, 0.15) is 12.1 Å².